The first-order chi connectivity index (χ1) is 11.2. The Balaban J connectivity index is 1.59. The fourth-order valence-corrected chi connectivity index (χ4v) is 2.82. The van der Waals surface area contributed by atoms with Gasteiger partial charge in [-0.25, -0.2) is 4.39 Å². The highest BCUT2D eigenvalue weighted by Gasteiger charge is 2.26. The van der Waals surface area contributed by atoms with E-state index < -0.39 is 0 Å². The van der Waals surface area contributed by atoms with Crippen LogP contribution in [-0.2, 0) is 6.42 Å². The van der Waals surface area contributed by atoms with Crippen molar-refractivity contribution in [2.75, 3.05) is 0 Å². The number of aromatic nitrogens is 2. The molecule has 4 rings (SSSR count). The Morgan fingerprint density at radius 3 is 2.91 bits per heavy atom. The number of fused-ring (bicyclic) bond motifs is 1. The fraction of sp³-hybridized carbons (Fsp3) is 0.176. The molecule has 0 amide bonds. The number of nitrogens with zero attached hydrogens (tertiary/aromatic N) is 2. The molecule has 0 radical (unpaired) electrons. The van der Waals surface area contributed by atoms with Gasteiger partial charge < -0.3 is 9.15 Å². The van der Waals surface area contributed by atoms with Crippen LogP contribution in [0.3, 0.4) is 0 Å². The van der Waals surface area contributed by atoms with Gasteiger partial charge in [-0.1, -0.05) is 17.7 Å². The molecule has 0 bridgehead atoms. The van der Waals surface area contributed by atoms with E-state index >= 15 is 0 Å². The highest BCUT2D eigenvalue weighted by atomic mass is 35.5. The summed E-state index contributed by atoms with van der Waals surface area (Å²) in [5, 5.41) is 8.74. The maximum absolute atomic E-state index is 13.2. The van der Waals surface area contributed by atoms with E-state index in [1.54, 1.807) is 18.2 Å². The Bertz CT molecular complexity index is 865. The Morgan fingerprint density at radius 1 is 1.13 bits per heavy atom. The molecule has 0 saturated carbocycles. The zero-order valence-electron chi connectivity index (χ0n) is 12.0. The first-order valence-electron chi connectivity index (χ1n) is 7.23. The van der Waals surface area contributed by atoms with Gasteiger partial charge in [-0.3, -0.25) is 0 Å². The zero-order chi connectivity index (χ0) is 15.8. The second-order valence-corrected chi connectivity index (χ2v) is 5.79. The van der Waals surface area contributed by atoms with E-state index in [1.165, 1.54) is 12.1 Å². The highest BCUT2D eigenvalue weighted by Crippen LogP contribution is 2.35. The summed E-state index contributed by atoms with van der Waals surface area (Å²) in [6, 6.07) is 11.7. The maximum Gasteiger partial charge on any atom is 0.257 e. The number of aryl methyl sites for hydroxylation is 1. The maximum atomic E-state index is 13.2. The van der Waals surface area contributed by atoms with Gasteiger partial charge in [0.05, 0.1) is 0 Å². The number of hydrogen-bond donors (Lipinski definition) is 0. The van der Waals surface area contributed by atoms with Crippen LogP contribution < -0.4 is 4.74 Å². The van der Waals surface area contributed by atoms with E-state index in [0.29, 0.717) is 35.4 Å². The van der Waals surface area contributed by atoms with Crippen LogP contribution in [-0.4, -0.2) is 10.2 Å². The SMILES string of the molecule is Fc1ccc2c(c1)CCC(c1nnc(-c3cccc(Cl)c3)o1)O2. The van der Waals surface area contributed by atoms with Crippen molar-refractivity contribution < 1.29 is 13.5 Å². The molecule has 0 fully saturated rings. The molecule has 1 aliphatic heterocycles. The van der Waals surface area contributed by atoms with Crippen molar-refractivity contribution in [2.45, 2.75) is 18.9 Å². The predicted octanol–water partition coefficient (Wildman–Crippen LogP) is 4.60. The van der Waals surface area contributed by atoms with Crippen molar-refractivity contribution in [2.24, 2.45) is 0 Å². The molecule has 0 spiro atoms. The molecule has 1 aromatic heterocycles. The molecule has 23 heavy (non-hydrogen) atoms. The van der Waals surface area contributed by atoms with Crippen LogP contribution in [0.25, 0.3) is 11.5 Å². The fourth-order valence-electron chi connectivity index (χ4n) is 2.63. The average molecular weight is 331 g/mol. The predicted molar refractivity (Wildman–Crippen MR) is 82.8 cm³/mol. The Kier molecular flexibility index (Phi) is 3.50. The second-order valence-electron chi connectivity index (χ2n) is 5.35. The Morgan fingerprint density at radius 2 is 2.04 bits per heavy atom. The second kappa shape index (κ2) is 5.66. The van der Waals surface area contributed by atoms with Gasteiger partial charge >= 0.3 is 0 Å². The van der Waals surface area contributed by atoms with Crippen molar-refractivity contribution in [3.8, 4) is 17.2 Å². The summed E-state index contributed by atoms with van der Waals surface area (Å²) < 4.78 is 24.8. The van der Waals surface area contributed by atoms with Crippen LogP contribution in [0.15, 0.2) is 46.9 Å². The van der Waals surface area contributed by atoms with Crippen molar-refractivity contribution in [3.05, 3.63) is 64.8 Å². The number of rotatable bonds is 2. The van der Waals surface area contributed by atoms with E-state index in [-0.39, 0.29) is 11.9 Å². The summed E-state index contributed by atoms with van der Waals surface area (Å²) in [5.41, 5.74) is 1.62. The lowest BCUT2D eigenvalue weighted by Gasteiger charge is -2.23. The lowest BCUT2D eigenvalue weighted by Crippen LogP contribution is -2.15. The van der Waals surface area contributed by atoms with Gasteiger partial charge in [0.25, 0.3) is 5.89 Å². The molecule has 1 atom stereocenters. The minimum absolute atomic E-state index is 0.258. The monoisotopic (exact) mass is 330 g/mol. The lowest BCUT2D eigenvalue weighted by molar-refractivity contribution is 0.144. The zero-order valence-corrected chi connectivity index (χ0v) is 12.8. The standard InChI is InChI=1S/C17H12ClFN2O2/c18-12-3-1-2-11(8-12)16-20-21-17(23-16)15-6-4-10-9-13(19)5-7-14(10)22-15/h1-3,5,7-9,15H,4,6H2. The van der Waals surface area contributed by atoms with Crippen molar-refractivity contribution in [1.82, 2.24) is 10.2 Å². The smallest absolute Gasteiger partial charge is 0.257 e. The third-order valence-electron chi connectivity index (χ3n) is 3.76. The van der Waals surface area contributed by atoms with Gasteiger partial charge in [-0.2, -0.15) is 0 Å². The molecule has 0 saturated heterocycles. The van der Waals surface area contributed by atoms with E-state index in [2.05, 4.69) is 10.2 Å². The minimum atomic E-state index is -0.326. The van der Waals surface area contributed by atoms with Gasteiger partial charge in [0.1, 0.15) is 11.6 Å². The summed E-state index contributed by atoms with van der Waals surface area (Å²) in [7, 11) is 0. The molecule has 0 aliphatic carbocycles. The molecule has 1 unspecified atom stereocenters. The summed E-state index contributed by atoms with van der Waals surface area (Å²) in [6.45, 7) is 0. The minimum Gasteiger partial charge on any atom is -0.480 e. The van der Waals surface area contributed by atoms with Gasteiger partial charge in [-0.05, 0) is 54.8 Å². The molecule has 2 heterocycles. The summed E-state index contributed by atoms with van der Waals surface area (Å²) in [6.07, 6.45) is 1.04. The number of benzene rings is 2. The molecular formula is C17H12ClFN2O2. The topological polar surface area (TPSA) is 48.2 Å². The Labute approximate surface area is 136 Å². The number of halogens is 2. The third kappa shape index (κ3) is 2.80. The van der Waals surface area contributed by atoms with Gasteiger partial charge in [-0.15, -0.1) is 10.2 Å². The molecule has 1 aliphatic rings. The van der Waals surface area contributed by atoms with Crippen LogP contribution >= 0.6 is 11.6 Å². The van der Waals surface area contributed by atoms with Gasteiger partial charge in [0.15, 0.2) is 6.10 Å². The largest absolute Gasteiger partial charge is 0.480 e. The molecule has 116 valence electrons. The van der Waals surface area contributed by atoms with Crippen LogP contribution in [0.5, 0.6) is 5.75 Å². The van der Waals surface area contributed by atoms with Crippen molar-refractivity contribution in [1.29, 1.82) is 0 Å². The van der Waals surface area contributed by atoms with Crippen LogP contribution in [0.4, 0.5) is 4.39 Å². The molecule has 2 aromatic carbocycles. The first kappa shape index (κ1) is 14.2. The van der Waals surface area contributed by atoms with E-state index in [1.807, 2.05) is 12.1 Å². The van der Waals surface area contributed by atoms with Gasteiger partial charge in [0, 0.05) is 10.6 Å². The number of ether oxygens (including phenoxy) is 1. The van der Waals surface area contributed by atoms with Crippen LogP contribution in [0.1, 0.15) is 24.0 Å². The third-order valence-corrected chi connectivity index (χ3v) is 3.99. The summed E-state index contributed by atoms with van der Waals surface area (Å²) in [5.74, 6) is 1.21. The quantitative estimate of drug-likeness (QED) is 0.689. The number of hydrogen-bond acceptors (Lipinski definition) is 4. The van der Waals surface area contributed by atoms with E-state index in [9.17, 15) is 4.39 Å². The molecule has 6 heteroatoms. The molecule has 4 nitrogen and oxygen atoms in total. The van der Waals surface area contributed by atoms with Crippen molar-refractivity contribution >= 4 is 11.6 Å². The summed E-state index contributed by atoms with van der Waals surface area (Å²) in [4.78, 5) is 0. The van der Waals surface area contributed by atoms with Crippen LogP contribution in [0.2, 0.25) is 5.02 Å². The average Bonchev–Trinajstić information content (AvgIpc) is 3.04. The van der Waals surface area contributed by atoms with Crippen LogP contribution in [0, 0.1) is 5.82 Å². The van der Waals surface area contributed by atoms with E-state index in [0.717, 1.165) is 11.1 Å². The van der Waals surface area contributed by atoms with Crippen molar-refractivity contribution in [3.63, 3.8) is 0 Å². The normalized spacial score (nSPS) is 16.7. The summed E-state index contributed by atoms with van der Waals surface area (Å²) >= 11 is 5.97. The highest BCUT2D eigenvalue weighted by molar-refractivity contribution is 6.30. The molecule has 3 aromatic rings. The molecule has 0 N–H and O–H groups in total. The van der Waals surface area contributed by atoms with Gasteiger partial charge in [0.2, 0.25) is 5.89 Å². The van der Waals surface area contributed by atoms with E-state index in [4.69, 9.17) is 20.8 Å². The lowest BCUT2D eigenvalue weighted by atomic mass is 10.0. The Hall–Kier alpha value is -2.40. The first-order valence-corrected chi connectivity index (χ1v) is 7.61. The molecular weight excluding hydrogens is 319 g/mol.